The van der Waals surface area contributed by atoms with Crippen molar-refractivity contribution >= 4 is 24.5 Å². The van der Waals surface area contributed by atoms with Crippen LogP contribution >= 0.6 is 7.82 Å². The highest BCUT2D eigenvalue weighted by Gasteiger charge is 2.48. The summed E-state index contributed by atoms with van der Waals surface area (Å²) in [4.78, 5) is 7.06. The van der Waals surface area contributed by atoms with E-state index in [-0.39, 0.29) is 6.04 Å². The predicted molar refractivity (Wildman–Crippen MR) is 101 cm³/mol. The zero-order chi connectivity index (χ0) is 18.3. The zero-order valence-electron chi connectivity index (χ0n) is 15.3. The number of aromatic nitrogens is 1. The topological polar surface area (TPSA) is 72.9 Å². The van der Waals surface area contributed by atoms with Crippen LogP contribution in [0.15, 0.2) is 18.2 Å². The van der Waals surface area contributed by atoms with Crippen LogP contribution < -0.4 is 18.9 Å². The second-order valence-electron chi connectivity index (χ2n) is 6.70. The highest BCUT2D eigenvalue weighted by Crippen LogP contribution is 2.67. The molecule has 0 aliphatic carbocycles. The minimum atomic E-state index is -3.62. The molecule has 8 heteroatoms. The molecule has 0 saturated heterocycles. The number of pyridine rings is 1. The van der Waals surface area contributed by atoms with E-state index in [1.165, 1.54) is 0 Å². The minimum absolute atomic E-state index is 0.202. The molecule has 1 aromatic heterocycles. The lowest BCUT2D eigenvalue weighted by Gasteiger charge is -2.20. The Hall–Kier alpha value is -1.98. The van der Waals surface area contributed by atoms with Gasteiger partial charge in [-0.05, 0) is 51.5 Å². The molecule has 0 radical (unpaired) electrons. The number of nitrogens with one attached hydrogen (secondary N) is 1. The Kier molecular flexibility index (Phi) is 4.45. The van der Waals surface area contributed by atoms with Crippen molar-refractivity contribution in [1.29, 1.82) is 0 Å². The Morgan fingerprint density at radius 3 is 2.73 bits per heavy atom. The molecule has 2 aliphatic heterocycles. The number of anilines is 1. The molecule has 2 aliphatic rings. The average molecular weight is 377 g/mol. The summed E-state index contributed by atoms with van der Waals surface area (Å²) in [5, 5.41) is 4.11. The van der Waals surface area contributed by atoms with Crippen molar-refractivity contribution in [2.75, 3.05) is 25.0 Å². The van der Waals surface area contributed by atoms with E-state index in [4.69, 9.17) is 13.6 Å². The zero-order valence-corrected chi connectivity index (χ0v) is 16.2. The van der Waals surface area contributed by atoms with Gasteiger partial charge in [-0.3, -0.25) is 0 Å². The molecular weight excluding hydrogens is 353 g/mol. The molecular formula is C18H24N3O4P. The van der Waals surface area contributed by atoms with Crippen LogP contribution in [-0.4, -0.2) is 35.6 Å². The lowest BCUT2D eigenvalue weighted by molar-refractivity contribution is 0.295. The first-order valence-corrected chi connectivity index (χ1v) is 10.6. The van der Waals surface area contributed by atoms with Crippen molar-refractivity contribution in [3.8, 4) is 17.2 Å². The summed E-state index contributed by atoms with van der Waals surface area (Å²) < 4.78 is 29.0. The summed E-state index contributed by atoms with van der Waals surface area (Å²) in [7, 11) is -3.62. The third-order valence-corrected chi connectivity index (χ3v) is 6.12. The van der Waals surface area contributed by atoms with Gasteiger partial charge in [0.1, 0.15) is 5.75 Å². The van der Waals surface area contributed by atoms with Gasteiger partial charge in [0.15, 0.2) is 11.6 Å². The second kappa shape index (κ2) is 6.63. The van der Waals surface area contributed by atoms with Crippen molar-refractivity contribution in [2.45, 2.75) is 39.7 Å². The van der Waals surface area contributed by atoms with E-state index in [2.05, 4.69) is 36.0 Å². The summed E-state index contributed by atoms with van der Waals surface area (Å²) in [6.07, 6.45) is 2.09. The van der Waals surface area contributed by atoms with Crippen LogP contribution in [0.4, 0.5) is 5.82 Å². The summed E-state index contributed by atoms with van der Waals surface area (Å²) in [5.41, 5.74) is 0.732. The van der Waals surface area contributed by atoms with Gasteiger partial charge in [0.2, 0.25) is 5.75 Å². The molecule has 2 bridgehead atoms. The van der Waals surface area contributed by atoms with Gasteiger partial charge >= 0.3 is 7.82 Å². The molecule has 7 nitrogen and oxygen atoms in total. The van der Waals surface area contributed by atoms with Crippen molar-refractivity contribution < 1.29 is 18.1 Å². The fraction of sp³-hybridized carbons (Fsp3) is 0.500. The van der Waals surface area contributed by atoms with Gasteiger partial charge in [0, 0.05) is 6.04 Å². The average Bonchev–Trinajstić information content (AvgIpc) is 2.91. The maximum atomic E-state index is 12.5. The number of hydrogen-bond donors (Lipinski definition) is 1. The number of nitrogens with zero attached hydrogens (tertiary/aromatic N) is 2. The van der Waals surface area contributed by atoms with Crippen LogP contribution in [0.5, 0.6) is 17.2 Å². The summed E-state index contributed by atoms with van der Waals surface area (Å²) in [6.45, 7) is 9.69. The van der Waals surface area contributed by atoms with E-state index in [1.54, 1.807) is 6.07 Å². The summed E-state index contributed by atoms with van der Waals surface area (Å²) in [5.74, 6) is 1.92. The molecule has 2 atom stereocenters. The van der Waals surface area contributed by atoms with Gasteiger partial charge in [0.25, 0.3) is 0 Å². The summed E-state index contributed by atoms with van der Waals surface area (Å²) >= 11 is 0. The monoisotopic (exact) mass is 377 g/mol. The van der Waals surface area contributed by atoms with Gasteiger partial charge in [-0.15, -0.1) is 0 Å². The highest BCUT2D eigenvalue weighted by molar-refractivity contribution is 7.50. The number of phosphoric acid groups is 1. The molecule has 140 valence electrons. The van der Waals surface area contributed by atoms with E-state index < -0.39 is 7.82 Å². The maximum absolute atomic E-state index is 12.5. The molecule has 3 heterocycles. The minimum Gasteiger partial charge on any atom is -0.385 e. The molecule has 1 aromatic carbocycles. The van der Waals surface area contributed by atoms with Crippen molar-refractivity contribution in [3.63, 3.8) is 0 Å². The van der Waals surface area contributed by atoms with E-state index in [0.717, 1.165) is 38.0 Å². The first-order valence-electron chi connectivity index (χ1n) is 9.17. The van der Waals surface area contributed by atoms with Crippen LogP contribution in [-0.2, 0) is 4.57 Å². The quantitative estimate of drug-likeness (QED) is 0.682. The Balaban J connectivity index is 1.54. The molecule has 2 aromatic rings. The highest BCUT2D eigenvalue weighted by atomic mass is 31.2. The maximum Gasteiger partial charge on any atom is 0.647 e. The molecule has 0 amide bonds. The Morgan fingerprint density at radius 1 is 1.19 bits per heavy atom. The first-order chi connectivity index (χ1) is 12.5. The van der Waals surface area contributed by atoms with E-state index in [0.29, 0.717) is 28.5 Å². The SMILES string of the molecule is CCN(CC)CCCC(C)Nc1nc2cccc3c2c2c1OP(=O)(O3)O2. The third-order valence-electron chi connectivity index (χ3n) is 4.89. The van der Waals surface area contributed by atoms with Crippen LogP contribution in [0.3, 0.4) is 0 Å². The molecule has 0 fully saturated rings. The van der Waals surface area contributed by atoms with E-state index in [1.807, 2.05) is 12.1 Å². The van der Waals surface area contributed by atoms with Gasteiger partial charge < -0.3 is 23.8 Å². The fourth-order valence-corrected chi connectivity index (χ4v) is 4.74. The van der Waals surface area contributed by atoms with Crippen molar-refractivity contribution in [1.82, 2.24) is 9.88 Å². The van der Waals surface area contributed by atoms with E-state index in [9.17, 15) is 4.57 Å². The molecule has 26 heavy (non-hydrogen) atoms. The smallest absolute Gasteiger partial charge is 0.385 e. The van der Waals surface area contributed by atoms with Crippen LogP contribution in [0, 0.1) is 0 Å². The third kappa shape index (κ3) is 2.99. The molecule has 0 saturated carbocycles. The van der Waals surface area contributed by atoms with Crippen molar-refractivity contribution in [2.24, 2.45) is 0 Å². The molecule has 1 N–H and O–H groups in total. The first kappa shape index (κ1) is 17.4. The van der Waals surface area contributed by atoms with E-state index >= 15 is 0 Å². The standard InChI is InChI=1S/C18H24N3O4P/c1-4-21(5-2)11-7-8-12(3)19-18-17-16-15-13(20-18)9-6-10-14(15)23-26(22,24-16)25-17/h6,9-10,12H,4-5,7-8,11H2,1-3H3,(H,19,20). The molecule has 0 spiro atoms. The van der Waals surface area contributed by atoms with Crippen molar-refractivity contribution in [3.05, 3.63) is 18.2 Å². The molecule has 4 rings (SSSR count). The largest absolute Gasteiger partial charge is 0.647 e. The number of rotatable bonds is 8. The van der Waals surface area contributed by atoms with Crippen LogP contribution in [0.1, 0.15) is 33.6 Å². The van der Waals surface area contributed by atoms with Gasteiger partial charge in [-0.1, -0.05) is 19.9 Å². The van der Waals surface area contributed by atoms with Gasteiger partial charge in [-0.25, -0.2) is 4.98 Å². The Morgan fingerprint density at radius 2 is 1.96 bits per heavy atom. The number of fused-ring (bicyclic) bond motifs is 1. The van der Waals surface area contributed by atoms with Gasteiger partial charge in [0.05, 0.1) is 10.9 Å². The lowest BCUT2D eigenvalue weighted by atomic mass is 10.1. The number of benzene rings is 1. The van der Waals surface area contributed by atoms with Gasteiger partial charge in [-0.2, -0.15) is 4.57 Å². The number of phosphoric ester groups is 1. The fourth-order valence-electron chi connectivity index (χ4n) is 3.45. The predicted octanol–water partition coefficient (Wildman–Crippen LogP) is 4.43. The Bertz CT molecular complexity index is 884. The Labute approximate surface area is 153 Å². The molecule has 2 unspecified atom stereocenters. The summed E-state index contributed by atoms with van der Waals surface area (Å²) in [6, 6.07) is 5.67. The lowest BCUT2D eigenvalue weighted by Crippen LogP contribution is -2.25. The number of hydrogen-bond acceptors (Lipinski definition) is 7. The van der Waals surface area contributed by atoms with Crippen LogP contribution in [0.2, 0.25) is 0 Å². The van der Waals surface area contributed by atoms with Crippen LogP contribution in [0.25, 0.3) is 10.9 Å². The normalized spacial score (nSPS) is 20.8. The second-order valence-corrected chi connectivity index (χ2v) is 8.15.